The van der Waals surface area contributed by atoms with Gasteiger partial charge in [0.05, 0.1) is 17.1 Å². The predicted octanol–water partition coefficient (Wildman–Crippen LogP) is 4.91. The van der Waals surface area contributed by atoms with Crippen LogP contribution in [0.1, 0.15) is 32.3 Å². The molecule has 0 saturated heterocycles. The largest absolute Gasteiger partial charge is 0.288 e. The molecule has 0 N–H and O–H groups in total. The fourth-order valence-corrected chi connectivity index (χ4v) is 4.68. The van der Waals surface area contributed by atoms with Gasteiger partial charge in [0, 0.05) is 9.79 Å². The van der Waals surface area contributed by atoms with Crippen molar-refractivity contribution in [2.45, 2.75) is 42.9 Å². The number of rotatable bonds is 6. The Bertz CT molecular complexity index is 834. The van der Waals surface area contributed by atoms with Gasteiger partial charge in [-0.2, -0.15) is 8.42 Å². The van der Waals surface area contributed by atoms with Crippen molar-refractivity contribution < 1.29 is 12.7 Å². The van der Waals surface area contributed by atoms with Crippen LogP contribution in [0.2, 0.25) is 0 Å². The number of nitrogens with zero attached hydrogens (tertiary/aromatic N) is 1. The minimum atomic E-state index is -3.63. The Hall–Kier alpha value is -1.50. The maximum absolute atomic E-state index is 12.3. The third-order valence-electron chi connectivity index (χ3n) is 3.73. The maximum atomic E-state index is 12.3. The number of benzene rings is 2. The third-order valence-corrected chi connectivity index (χ3v) is 6.14. The number of para-hydroxylation sites is 1. The lowest BCUT2D eigenvalue weighted by Crippen LogP contribution is -2.26. The molecule has 1 aliphatic rings. The summed E-state index contributed by atoms with van der Waals surface area (Å²) in [6.07, 6.45) is 2.52. The van der Waals surface area contributed by atoms with E-state index in [4.69, 9.17) is 4.28 Å². The first-order valence-corrected chi connectivity index (χ1v) is 10.6. The highest BCUT2D eigenvalue weighted by atomic mass is 32.2. The number of aryl methyl sites for hydroxylation is 1. The van der Waals surface area contributed by atoms with Crippen LogP contribution in [0.5, 0.6) is 0 Å². The summed E-state index contributed by atoms with van der Waals surface area (Å²) in [5.41, 5.74) is 2.74. The quantitative estimate of drug-likeness (QED) is 0.729. The number of hydrogen-bond donors (Lipinski definition) is 0. The Morgan fingerprint density at radius 1 is 1.00 bits per heavy atom. The number of hydrogen-bond acceptors (Lipinski definition) is 5. The average Bonchev–Trinajstić information content (AvgIpc) is 2.55. The highest BCUT2D eigenvalue weighted by Gasteiger charge is 2.28. The van der Waals surface area contributed by atoms with Crippen molar-refractivity contribution >= 4 is 33.3 Å². The van der Waals surface area contributed by atoms with E-state index in [9.17, 15) is 8.42 Å². The monoisotopic (exact) mass is 363 g/mol. The molecule has 0 fully saturated rings. The summed E-state index contributed by atoms with van der Waals surface area (Å²) in [5, 5.41) is 1.48. The lowest BCUT2D eigenvalue weighted by molar-refractivity contribution is 0.319. The molecule has 0 radical (unpaired) electrons. The van der Waals surface area contributed by atoms with Gasteiger partial charge < -0.3 is 0 Å². The highest BCUT2D eigenvalue weighted by molar-refractivity contribution is 7.99. The normalized spacial score (nSPS) is 13.5. The van der Waals surface area contributed by atoms with Gasteiger partial charge >= 0.3 is 0 Å². The topological polar surface area (TPSA) is 46.6 Å². The van der Waals surface area contributed by atoms with Crippen molar-refractivity contribution in [2.24, 2.45) is 0 Å². The van der Waals surface area contributed by atoms with Gasteiger partial charge in [-0.3, -0.25) is 0 Å². The van der Waals surface area contributed by atoms with Gasteiger partial charge in [-0.05, 0) is 42.7 Å². The standard InChI is InChI=1S/C18H21NO3S2/c1-3-7-14-10-11-18-16(13-14)19(22-24(20,21)12-4-2)15-8-5-6-9-17(15)23-18/h5-6,8-11,13H,3-4,7,12H2,1-2H3. The van der Waals surface area contributed by atoms with Crippen LogP contribution >= 0.6 is 11.8 Å². The zero-order chi connectivity index (χ0) is 17.2. The molecule has 1 heterocycles. The maximum Gasteiger partial charge on any atom is 0.288 e. The smallest absolute Gasteiger partial charge is 0.202 e. The Morgan fingerprint density at radius 3 is 2.50 bits per heavy atom. The van der Waals surface area contributed by atoms with E-state index in [-0.39, 0.29) is 5.75 Å². The van der Waals surface area contributed by atoms with E-state index in [2.05, 4.69) is 13.0 Å². The van der Waals surface area contributed by atoms with E-state index in [0.29, 0.717) is 6.42 Å². The molecule has 0 bridgehead atoms. The molecule has 4 nitrogen and oxygen atoms in total. The molecule has 0 amide bonds. The Kier molecular flexibility index (Phi) is 5.18. The average molecular weight is 364 g/mol. The third kappa shape index (κ3) is 3.61. The first-order valence-electron chi connectivity index (χ1n) is 8.16. The second kappa shape index (κ2) is 7.17. The van der Waals surface area contributed by atoms with Gasteiger partial charge in [0.25, 0.3) is 10.1 Å². The fourth-order valence-electron chi connectivity index (χ4n) is 2.69. The predicted molar refractivity (Wildman–Crippen MR) is 98.3 cm³/mol. The van der Waals surface area contributed by atoms with Crippen molar-refractivity contribution in [3.8, 4) is 0 Å². The first-order chi connectivity index (χ1) is 11.5. The van der Waals surface area contributed by atoms with Gasteiger partial charge in [-0.1, -0.05) is 50.2 Å². The molecule has 1 aliphatic heterocycles. The van der Waals surface area contributed by atoms with E-state index in [1.807, 2.05) is 43.3 Å². The molecule has 24 heavy (non-hydrogen) atoms. The van der Waals surface area contributed by atoms with Crippen molar-refractivity contribution in [3.05, 3.63) is 48.0 Å². The zero-order valence-electron chi connectivity index (χ0n) is 13.9. The summed E-state index contributed by atoms with van der Waals surface area (Å²) >= 11 is 1.64. The summed E-state index contributed by atoms with van der Waals surface area (Å²) in [7, 11) is -3.63. The van der Waals surface area contributed by atoms with E-state index >= 15 is 0 Å². The summed E-state index contributed by atoms with van der Waals surface area (Å²) in [4.78, 5) is 1.99. The van der Waals surface area contributed by atoms with Crippen molar-refractivity contribution in [3.63, 3.8) is 0 Å². The van der Waals surface area contributed by atoms with E-state index in [0.717, 1.165) is 34.0 Å². The van der Waals surface area contributed by atoms with Crippen LogP contribution in [0.25, 0.3) is 0 Å². The number of anilines is 2. The Morgan fingerprint density at radius 2 is 1.75 bits per heavy atom. The number of fused-ring (bicyclic) bond motifs is 2. The lowest BCUT2D eigenvalue weighted by Gasteiger charge is -2.31. The minimum Gasteiger partial charge on any atom is -0.202 e. The molecule has 2 aromatic carbocycles. The molecule has 3 rings (SSSR count). The zero-order valence-corrected chi connectivity index (χ0v) is 15.5. The minimum absolute atomic E-state index is 0.00277. The van der Waals surface area contributed by atoms with Crippen LogP contribution < -0.4 is 5.06 Å². The Labute approximate surface area is 147 Å². The molecule has 6 heteroatoms. The Balaban J connectivity index is 2.07. The molecule has 2 aromatic rings. The molecule has 0 spiro atoms. The van der Waals surface area contributed by atoms with Crippen molar-refractivity contribution in [2.75, 3.05) is 10.8 Å². The van der Waals surface area contributed by atoms with Crippen LogP contribution in [0, 0.1) is 0 Å². The lowest BCUT2D eigenvalue weighted by atomic mass is 10.1. The second-order valence-electron chi connectivity index (χ2n) is 5.75. The SMILES string of the molecule is CCCc1ccc2c(c1)N(OS(=O)(=O)CCC)c1ccccc1S2. The van der Waals surface area contributed by atoms with Gasteiger partial charge in [0.15, 0.2) is 0 Å². The summed E-state index contributed by atoms with van der Waals surface area (Å²) < 4.78 is 30.0. The van der Waals surface area contributed by atoms with Crippen LogP contribution in [0.15, 0.2) is 52.3 Å². The molecular formula is C18H21NO3S2. The van der Waals surface area contributed by atoms with Crippen LogP contribution in [-0.4, -0.2) is 14.2 Å². The second-order valence-corrected chi connectivity index (χ2v) is 8.51. The van der Waals surface area contributed by atoms with Gasteiger partial charge in [0.2, 0.25) is 0 Å². The van der Waals surface area contributed by atoms with Crippen molar-refractivity contribution in [1.82, 2.24) is 0 Å². The first kappa shape index (κ1) is 17.3. The highest BCUT2D eigenvalue weighted by Crippen LogP contribution is 2.48. The molecule has 0 aromatic heterocycles. The summed E-state index contributed by atoms with van der Waals surface area (Å²) in [6.45, 7) is 3.96. The van der Waals surface area contributed by atoms with Crippen LogP contribution in [0.4, 0.5) is 11.4 Å². The molecular weight excluding hydrogens is 342 g/mol. The van der Waals surface area contributed by atoms with Crippen LogP contribution in [-0.2, 0) is 20.8 Å². The van der Waals surface area contributed by atoms with Gasteiger partial charge in [0.1, 0.15) is 0 Å². The van der Waals surface area contributed by atoms with Crippen LogP contribution in [0.3, 0.4) is 0 Å². The fraction of sp³-hybridized carbons (Fsp3) is 0.333. The summed E-state index contributed by atoms with van der Waals surface area (Å²) in [5.74, 6) is 0.00277. The van der Waals surface area contributed by atoms with Gasteiger partial charge in [-0.15, -0.1) is 4.28 Å². The van der Waals surface area contributed by atoms with Crippen molar-refractivity contribution in [1.29, 1.82) is 0 Å². The van der Waals surface area contributed by atoms with E-state index in [1.165, 1.54) is 10.6 Å². The molecule has 0 saturated carbocycles. The van der Waals surface area contributed by atoms with E-state index in [1.54, 1.807) is 11.8 Å². The van der Waals surface area contributed by atoms with E-state index < -0.39 is 10.1 Å². The molecule has 0 aliphatic carbocycles. The summed E-state index contributed by atoms with van der Waals surface area (Å²) in [6, 6.07) is 13.9. The molecule has 0 unspecified atom stereocenters. The van der Waals surface area contributed by atoms with Gasteiger partial charge in [-0.25, -0.2) is 5.06 Å². The molecule has 128 valence electrons. The molecule has 0 atom stereocenters.